The van der Waals surface area contributed by atoms with Crippen molar-refractivity contribution in [3.05, 3.63) is 65.9 Å². The second-order valence-electron chi connectivity index (χ2n) is 10.2. The summed E-state index contributed by atoms with van der Waals surface area (Å²) in [4.78, 5) is 14.4. The number of carbonyl (C=O) groups is 1. The highest BCUT2D eigenvalue weighted by atomic mass is 19.4. The first-order chi connectivity index (χ1) is 18.7. The Morgan fingerprint density at radius 2 is 1.74 bits per heavy atom. The SMILES string of the molecule is CCCN(C)C(=O)c1ccc(NC(c2cc(-c3ccc(OC(F)(F)F)cc3)nn2CC)C2CCCCC2)cc1. The Balaban J connectivity index is 1.60. The second kappa shape index (κ2) is 12.6. The zero-order valence-electron chi connectivity index (χ0n) is 22.8. The van der Waals surface area contributed by atoms with Gasteiger partial charge in [-0.25, -0.2) is 0 Å². The van der Waals surface area contributed by atoms with Crippen LogP contribution in [-0.4, -0.2) is 40.5 Å². The van der Waals surface area contributed by atoms with Crippen molar-refractivity contribution in [3.8, 4) is 17.0 Å². The van der Waals surface area contributed by atoms with Crippen LogP contribution in [-0.2, 0) is 6.54 Å². The Morgan fingerprint density at radius 1 is 1.08 bits per heavy atom. The van der Waals surface area contributed by atoms with Crippen LogP contribution in [0.2, 0.25) is 0 Å². The predicted molar refractivity (Wildman–Crippen MR) is 147 cm³/mol. The number of aromatic nitrogens is 2. The fraction of sp³-hybridized carbons (Fsp3) is 0.467. The first kappa shape index (κ1) is 28.5. The molecule has 0 aliphatic heterocycles. The van der Waals surface area contributed by atoms with Crippen molar-refractivity contribution >= 4 is 11.6 Å². The lowest BCUT2D eigenvalue weighted by molar-refractivity contribution is -0.274. The highest BCUT2D eigenvalue weighted by molar-refractivity contribution is 5.94. The average Bonchev–Trinajstić information content (AvgIpc) is 3.36. The summed E-state index contributed by atoms with van der Waals surface area (Å²) >= 11 is 0. The van der Waals surface area contributed by atoms with E-state index in [1.54, 1.807) is 17.0 Å². The number of alkyl halides is 3. The Kier molecular flexibility index (Phi) is 9.20. The van der Waals surface area contributed by atoms with Crippen molar-refractivity contribution in [3.63, 3.8) is 0 Å². The van der Waals surface area contributed by atoms with Gasteiger partial charge in [0.1, 0.15) is 5.75 Å². The van der Waals surface area contributed by atoms with E-state index in [1.165, 1.54) is 31.4 Å². The van der Waals surface area contributed by atoms with E-state index in [1.807, 2.05) is 55.9 Å². The van der Waals surface area contributed by atoms with Gasteiger partial charge >= 0.3 is 6.36 Å². The van der Waals surface area contributed by atoms with Gasteiger partial charge in [-0.05, 0) is 86.7 Å². The largest absolute Gasteiger partial charge is 0.573 e. The number of nitrogens with zero attached hydrogens (tertiary/aromatic N) is 3. The predicted octanol–water partition coefficient (Wildman–Crippen LogP) is 7.68. The molecule has 1 aliphatic carbocycles. The molecule has 9 heteroatoms. The molecule has 0 bridgehead atoms. The molecule has 0 saturated heterocycles. The molecule has 1 N–H and O–H groups in total. The third-order valence-electron chi connectivity index (χ3n) is 7.29. The maximum atomic E-state index is 12.7. The summed E-state index contributed by atoms with van der Waals surface area (Å²) in [6.07, 6.45) is 1.96. The summed E-state index contributed by atoms with van der Waals surface area (Å²) in [7, 11) is 1.82. The quantitative estimate of drug-likeness (QED) is 0.285. The number of amides is 1. The van der Waals surface area contributed by atoms with Crippen molar-refractivity contribution in [2.45, 2.75) is 71.3 Å². The van der Waals surface area contributed by atoms with E-state index in [0.717, 1.165) is 36.2 Å². The smallest absolute Gasteiger partial charge is 0.406 e. The Morgan fingerprint density at radius 3 is 2.33 bits per heavy atom. The van der Waals surface area contributed by atoms with E-state index in [9.17, 15) is 18.0 Å². The summed E-state index contributed by atoms with van der Waals surface area (Å²) in [6, 6.07) is 15.5. The number of anilines is 1. The molecule has 1 atom stereocenters. The van der Waals surface area contributed by atoms with E-state index in [4.69, 9.17) is 5.10 Å². The Bertz CT molecular complexity index is 1220. The third-order valence-corrected chi connectivity index (χ3v) is 7.29. The van der Waals surface area contributed by atoms with Crippen LogP contribution in [0, 0.1) is 5.92 Å². The van der Waals surface area contributed by atoms with E-state index < -0.39 is 6.36 Å². The molecule has 4 rings (SSSR count). The number of carbonyl (C=O) groups excluding carboxylic acids is 1. The molecular formula is C30H37F3N4O2. The molecule has 6 nitrogen and oxygen atoms in total. The number of aryl methyl sites for hydroxylation is 1. The van der Waals surface area contributed by atoms with Gasteiger partial charge in [0.05, 0.1) is 17.4 Å². The van der Waals surface area contributed by atoms with Gasteiger partial charge in [0, 0.05) is 37.0 Å². The van der Waals surface area contributed by atoms with Crippen LogP contribution in [0.3, 0.4) is 0 Å². The van der Waals surface area contributed by atoms with Crippen LogP contribution in [0.25, 0.3) is 11.3 Å². The van der Waals surface area contributed by atoms with Crippen molar-refractivity contribution in [1.29, 1.82) is 0 Å². The molecule has 39 heavy (non-hydrogen) atoms. The van der Waals surface area contributed by atoms with Crippen molar-refractivity contribution in [2.75, 3.05) is 18.9 Å². The first-order valence-corrected chi connectivity index (χ1v) is 13.7. The fourth-order valence-electron chi connectivity index (χ4n) is 5.35. The Hall–Kier alpha value is -3.49. The van der Waals surface area contributed by atoms with Crippen LogP contribution < -0.4 is 10.1 Å². The summed E-state index contributed by atoms with van der Waals surface area (Å²) in [5, 5.41) is 8.53. The fourth-order valence-corrected chi connectivity index (χ4v) is 5.35. The highest BCUT2D eigenvalue weighted by Crippen LogP contribution is 2.38. The summed E-state index contributed by atoms with van der Waals surface area (Å²) < 4.78 is 43.7. The maximum Gasteiger partial charge on any atom is 0.573 e. The average molecular weight is 543 g/mol. The van der Waals surface area contributed by atoms with Crippen molar-refractivity contribution in [1.82, 2.24) is 14.7 Å². The van der Waals surface area contributed by atoms with Crippen LogP contribution in [0.5, 0.6) is 5.75 Å². The molecule has 2 aromatic carbocycles. The number of ether oxygens (including phenoxy) is 1. The lowest BCUT2D eigenvalue weighted by atomic mass is 9.82. The van der Waals surface area contributed by atoms with Crippen LogP contribution in [0.4, 0.5) is 18.9 Å². The van der Waals surface area contributed by atoms with Crippen LogP contribution in [0.1, 0.15) is 74.5 Å². The minimum absolute atomic E-state index is 0.00338. The molecule has 0 spiro atoms. The number of nitrogens with one attached hydrogen (secondary N) is 1. The molecule has 3 aromatic rings. The number of rotatable bonds is 10. The lowest BCUT2D eigenvalue weighted by Gasteiger charge is -2.32. The van der Waals surface area contributed by atoms with Crippen LogP contribution in [0.15, 0.2) is 54.6 Å². The summed E-state index contributed by atoms with van der Waals surface area (Å²) in [6.45, 7) is 5.45. The highest BCUT2D eigenvalue weighted by Gasteiger charge is 2.31. The molecule has 1 heterocycles. The van der Waals surface area contributed by atoms with Gasteiger partial charge < -0.3 is 15.0 Å². The minimum Gasteiger partial charge on any atom is -0.406 e. The first-order valence-electron chi connectivity index (χ1n) is 13.7. The van der Waals surface area contributed by atoms with E-state index in [2.05, 4.69) is 10.1 Å². The van der Waals surface area contributed by atoms with Gasteiger partial charge in [-0.15, -0.1) is 13.2 Å². The van der Waals surface area contributed by atoms with E-state index >= 15 is 0 Å². The molecular weight excluding hydrogens is 505 g/mol. The van der Waals surface area contributed by atoms with Gasteiger partial charge in [-0.1, -0.05) is 26.2 Å². The van der Waals surface area contributed by atoms with Crippen LogP contribution >= 0.6 is 0 Å². The zero-order valence-corrected chi connectivity index (χ0v) is 22.8. The third kappa shape index (κ3) is 7.34. The number of hydrogen-bond donors (Lipinski definition) is 1. The normalized spacial score (nSPS) is 15.1. The second-order valence-corrected chi connectivity index (χ2v) is 10.2. The molecule has 1 aromatic heterocycles. The van der Waals surface area contributed by atoms with Gasteiger partial charge in [-0.3, -0.25) is 9.48 Å². The van der Waals surface area contributed by atoms with E-state index in [0.29, 0.717) is 30.3 Å². The maximum absolute atomic E-state index is 12.7. The lowest BCUT2D eigenvalue weighted by Crippen LogP contribution is -2.27. The monoisotopic (exact) mass is 542 g/mol. The molecule has 1 amide bonds. The molecule has 1 unspecified atom stereocenters. The Labute approximate surface area is 228 Å². The molecule has 210 valence electrons. The summed E-state index contributed by atoms with van der Waals surface area (Å²) in [5.41, 5.74) is 4.05. The summed E-state index contributed by atoms with van der Waals surface area (Å²) in [5.74, 6) is 0.159. The van der Waals surface area contributed by atoms with Gasteiger partial charge in [0.15, 0.2) is 0 Å². The van der Waals surface area contributed by atoms with Gasteiger partial charge in [0.2, 0.25) is 0 Å². The molecule has 1 aliphatic rings. The standard InChI is InChI=1S/C30H37F3N4O2/c1-4-19-36(3)29(38)23-11-15-24(16-12-23)34-28(22-9-7-6-8-10-22)27-20-26(35-37(27)5-2)21-13-17-25(18-14-21)39-30(31,32)33/h11-18,20,22,28,34H,4-10,19H2,1-3H3. The zero-order chi connectivity index (χ0) is 28.0. The minimum atomic E-state index is -4.73. The van der Waals surface area contributed by atoms with Crippen molar-refractivity contribution < 1.29 is 22.7 Å². The molecule has 0 radical (unpaired) electrons. The molecule has 1 fully saturated rings. The topological polar surface area (TPSA) is 59.4 Å². The molecule has 1 saturated carbocycles. The number of halogens is 3. The number of hydrogen-bond acceptors (Lipinski definition) is 4. The van der Waals surface area contributed by atoms with E-state index in [-0.39, 0.29) is 17.7 Å². The van der Waals surface area contributed by atoms with Gasteiger partial charge in [-0.2, -0.15) is 5.10 Å². The van der Waals surface area contributed by atoms with Gasteiger partial charge in [0.25, 0.3) is 5.91 Å². The number of benzene rings is 2. The van der Waals surface area contributed by atoms with Crippen molar-refractivity contribution in [2.24, 2.45) is 5.92 Å².